The lowest BCUT2D eigenvalue weighted by molar-refractivity contribution is -0.131. The Hall–Kier alpha value is -1.32. The van der Waals surface area contributed by atoms with E-state index in [0.717, 1.165) is 18.7 Å². The smallest absolute Gasteiger partial charge is 0.244 e. The second-order valence-electron chi connectivity index (χ2n) is 5.04. The van der Waals surface area contributed by atoms with Gasteiger partial charge < -0.3 is 9.47 Å². The zero-order chi connectivity index (χ0) is 12.6. The van der Waals surface area contributed by atoms with Crippen molar-refractivity contribution in [2.24, 2.45) is 0 Å². The van der Waals surface area contributed by atoms with Crippen LogP contribution in [0.25, 0.3) is 0 Å². The van der Waals surface area contributed by atoms with Gasteiger partial charge in [-0.2, -0.15) is 0 Å². The molecule has 0 bridgehead atoms. The van der Waals surface area contributed by atoms with E-state index in [1.165, 1.54) is 24.2 Å². The Balaban J connectivity index is 2.38. The maximum atomic E-state index is 12.1. The largest absolute Gasteiger partial charge is 0.347 e. The van der Waals surface area contributed by atoms with Crippen LogP contribution in [-0.4, -0.2) is 34.5 Å². The van der Waals surface area contributed by atoms with E-state index in [9.17, 15) is 4.79 Å². The SMILES string of the molecule is Cc1nc2c(n1C(C)C(=O)N(C)C)CCCC2. The summed E-state index contributed by atoms with van der Waals surface area (Å²) < 4.78 is 2.12. The lowest BCUT2D eigenvalue weighted by Crippen LogP contribution is -2.31. The van der Waals surface area contributed by atoms with Gasteiger partial charge >= 0.3 is 0 Å². The van der Waals surface area contributed by atoms with E-state index in [2.05, 4.69) is 9.55 Å². The fraction of sp³-hybridized carbons (Fsp3) is 0.692. The summed E-state index contributed by atoms with van der Waals surface area (Å²) in [6, 6.07) is -0.139. The number of likely N-dealkylation sites (N-methyl/N-ethyl adjacent to an activating group) is 1. The van der Waals surface area contributed by atoms with Crippen LogP contribution >= 0.6 is 0 Å². The number of nitrogens with zero attached hydrogens (tertiary/aromatic N) is 3. The Bertz CT molecular complexity index is 434. The molecule has 1 aromatic rings. The molecule has 0 saturated heterocycles. The van der Waals surface area contributed by atoms with Crippen LogP contribution in [0, 0.1) is 6.92 Å². The Morgan fingerprint density at radius 1 is 1.35 bits per heavy atom. The van der Waals surface area contributed by atoms with Crippen molar-refractivity contribution in [2.45, 2.75) is 45.6 Å². The molecule has 1 unspecified atom stereocenters. The minimum atomic E-state index is -0.139. The van der Waals surface area contributed by atoms with E-state index in [0.29, 0.717) is 0 Å². The first-order chi connectivity index (χ1) is 8.02. The zero-order valence-electron chi connectivity index (χ0n) is 11.2. The third-order valence-corrected chi connectivity index (χ3v) is 3.53. The third-order valence-electron chi connectivity index (χ3n) is 3.53. The molecule has 1 heterocycles. The van der Waals surface area contributed by atoms with Gasteiger partial charge in [0.15, 0.2) is 0 Å². The molecule has 0 saturated carbocycles. The number of carbonyl (C=O) groups excluding carboxylic acids is 1. The fourth-order valence-electron chi connectivity index (χ4n) is 2.70. The standard InChI is InChI=1S/C13H21N3O/c1-9(13(17)15(3)4)16-10(2)14-11-7-5-6-8-12(11)16/h9H,5-8H2,1-4H3. The van der Waals surface area contributed by atoms with Gasteiger partial charge in [0.2, 0.25) is 5.91 Å². The number of imidazole rings is 1. The summed E-state index contributed by atoms with van der Waals surface area (Å²) in [6.07, 6.45) is 4.55. The van der Waals surface area contributed by atoms with Crippen molar-refractivity contribution < 1.29 is 4.79 Å². The molecule has 17 heavy (non-hydrogen) atoms. The first-order valence-corrected chi connectivity index (χ1v) is 6.30. The Morgan fingerprint density at radius 2 is 2.00 bits per heavy atom. The van der Waals surface area contributed by atoms with Crippen molar-refractivity contribution >= 4 is 5.91 Å². The van der Waals surface area contributed by atoms with Crippen LogP contribution in [0.15, 0.2) is 0 Å². The van der Waals surface area contributed by atoms with Gasteiger partial charge in [-0.25, -0.2) is 4.98 Å². The van der Waals surface area contributed by atoms with Crippen LogP contribution in [0.3, 0.4) is 0 Å². The highest BCUT2D eigenvalue weighted by molar-refractivity contribution is 5.79. The van der Waals surface area contributed by atoms with E-state index in [4.69, 9.17) is 0 Å². The summed E-state index contributed by atoms with van der Waals surface area (Å²) in [6.45, 7) is 3.96. The minimum Gasteiger partial charge on any atom is -0.347 e. The highest BCUT2D eigenvalue weighted by Crippen LogP contribution is 2.25. The molecule has 0 aliphatic heterocycles. The van der Waals surface area contributed by atoms with Crippen LogP contribution in [-0.2, 0) is 17.6 Å². The number of hydrogen-bond acceptors (Lipinski definition) is 2. The molecule has 0 N–H and O–H groups in total. The Kier molecular flexibility index (Phi) is 3.22. The van der Waals surface area contributed by atoms with Gasteiger partial charge in [0, 0.05) is 19.8 Å². The van der Waals surface area contributed by atoms with Gasteiger partial charge in [0.1, 0.15) is 11.9 Å². The van der Waals surface area contributed by atoms with E-state index >= 15 is 0 Å². The highest BCUT2D eigenvalue weighted by Gasteiger charge is 2.25. The lowest BCUT2D eigenvalue weighted by atomic mass is 10.0. The number of rotatable bonds is 2. The molecule has 1 aliphatic rings. The normalized spacial score (nSPS) is 16.5. The van der Waals surface area contributed by atoms with Crippen LogP contribution in [0.5, 0.6) is 0 Å². The van der Waals surface area contributed by atoms with Crippen molar-refractivity contribution in [1.29, 1.82) is 0 Å². The monoisotopic (exact) mass is 235 g/mol. The Morgan fingerprint density at radius 3 is 2.65 bits per heavy atom. The van der Waals surface area contributed by atoms with Crippen LogP contribution in [0.4, 0.5) is 0 Å². The first-order valence-electron chi connectivity index (χ1n) is 6.30. The topological polar surface area (TPSA) is 38.1 Å². The molecular weight excluding hydrogens is 214 g/mol. The molecular formula is C13H21N3O. The van der Waals surface area contributed by atoms with Gasteiger partial charge in [-0.3, -0.25) is 4.79 Å². The zero-order valence-corrected chi connectivity index (χ0v) is 11.2. The van der Waals surface area contributed by atoms with Gasteiger partial charge in [0.25, 0.3) is 0 Å². The third kappa shape index (κ3) is 2.08. The molecule has 1 aromatic heterocycles. The summed E-state index contributed by atoms with van der Waals surface area (Å²) >= 11 is 0. The molecule has 0 fully saturated rings. The highest BCUT2D eigenvalue weighted by atomic mass is 16.2. The first kappa shape index (κ1) is 12.1. The number of aryl methyl sites for hydroxylation is 2. The molecule has 4 nitrogen and oxygen atoms in total. The quantitative estimate of drug-likeness (QED) is 0.783. The van der Waals surface area contributed by atoms with Crippen molar-refractivity contribution in [3.05, 3.63) is 17.2 Å². The number of hydrogen-bond donors (Lipinski definition) is 0. The fourth-order valence-corrected chi connectivity index (χ4v) is 2.70. The second-order valence-corrected chi connectivity index (χ2v) is 5.04. The van der Waals surface area contributed by atoms with Crippen molar-refractivity contribution in [3.63, 3.8) is 0 Å². The van der Waals surface area contributed by atoms with Crippen LogP contribution in [0.1, 0.15) is 43.0 Å². The molecule has 0 radical (unpaired) electrons. The number of aromatic nitrogens is 2. The maximum Gasteiger partial charge on any atom is 0.244 e. The predicted octanol–water partition coefficient (Wildman–Crippen LogP) is 1.72. The average molecular weight is 235 g/mol. The average Bonchev–Trinajstić information content (AvgIpc) is 2.62. The van der Waals surface area contributed by atoms with Gasteiger partial charge in [-0.15, -0.1) is 0 Å². The number of fused-ring (bicyclic) bond motifs is 1. The molecule has 0 spiro atoms. The van der Waals surface area contributed by atoms with E-state index in [1.807, 2.05) is 13.8 Å². The van der Waals surface area contributed by atoms with E-state index < -0.39 is 0 Å². The van der Waals surface area contributed by atoms with Gasteiger partial charge in [0.05, 0.1) is 5.69 Å². The van der Waals surface area contributed by atoms with Crippen molar-refractivity contribution in [3.8, 4) is 0 Å². The maximum absolute atomic E-state index is 12.1. The van der Waals surface area contributed by atoms with Crippen LogP contribution in [0.2, 0.25) is 0 Å². The predicted molar refractivity (Wildman–Crippen MR) is 67.0 cm³/mol. The molecule has 1 aliphatic carbocycles. The van der Waals surface area contributed by atoms with Crippen LogP contribution < -0.4 is 0 Å². The second kappa shape index (κ2) is 4.51. The molecule has 1 atom stereocenters. The summed E-state index contributed by atoms with van der Waals surface area (Å²) in [5, 5.41) is 0. The molecule has 1 amide bonds. The minimum absolute atomic E-state index is 0.138. The summed E-state index contributed by atoms with van der Waals surface area (Å²) in [5.74, 6) is 1.11. The molecule has 4 heteroatoms. The van der Waals surface area contributed by atoms with Crippen molar-refractivity contribution in [2.75, 3.05) is 14.1 Å². The Labute approximate surface area is 103 Å². The molecule has 94 valence electrons. The van der Waals surface area contributed by atoms with Crippen molar-refractivity contribution in [1.82, 2.24) is 14.5 Å². The molecule has 2 rings (SSSR count). The number of amides is 1. The van der Waals surface area contributed by atoms with Gasteiger partial charge in [-0.05, 0) is 39.5 Å². The number of carbonyl (C=O) groups is 1. The lowest BCUT2D eigenvalue weighted by Gasteiger charge is -2.22. The molecule has 0 aromatic carbocycles. The summed E-state index contributed by atoms with van der Waals surface area (Å²) in [5.41, 5.74) is 2.48. The summed E-state index contributed by atoms with van der Waals surface area (Å²) in [4.78, 5) is 18.3. The van der Waals surface area contributed by atoms with E-state index in [1.54, 1.807) is 19.0 Å². The van der Waals surface area contributed by atoms with E-state index in [-0.39, 0.29) is 11.9 Å². The summed E-state index contributed by atoms with van der Waals surface area (Å²) in [7, 11) is 3.61. The van der Waals surface area contributed by atoms with Gasteiger partial charge in [-0.1, -0.05) is 0 Å².